The van der Waals surface area contributed by atoms with E-state index in [0.29, 0.717) is 34.7 Å². The second-order valence-electron chi connectivity index (χ2n) is 7.55. The molecule has 0 aliphatic carbocycles. The van der Waals surface area contributed by atoms with Crippen molar-refractivity contribution in [3.05, 3.63) is 58.5 Å². The van der Waals surface area contributed by atoms with Gasteiger partial charge in [0.05, 0.1) is 19.9 Å². The van der Waals surface area contributed by atoms with Gasteiger partial charge >= 0.3 is 0 Å². The molecular formula is C23H28N2O5S. The number of benzene rings is 2. The number of nitrogens with one attached hydrogen (secondary N) is 1. The van der Waals surface area contributed by atoms with Crippen LogP contribution in [-0.2, 0) is 21.2 Å². The molecule has 0 fully saturated rings. The van der Waals surface area contributed by atoms with E-state index < -0.39 is 15.9 Å². The van der Waals surface area contributed by atoms with E-state index in [2.05, 4.69) is 5.32 Å². The first-order valence-corrected chi connectivity index (χ1v) is 11.5. The van der Waals surface area contributed by atoms with Gasteiger partial charge in [-0.05, 0) is 43.9 Å². The lowest BCUT2D eigenvalue weighted by Crippen LogP contribution is -2.41. The number of carbonyl (C=O) groups is 1. The summed E-state index contributed by atoms with van der Waals surface area (Å²) in [4.78, 5) is 12.8. The summed E-state index contributed by atoms with van der Waals surface area (Å²) in [6.07, 6.45) is 1.48. The molecule has 7 nitrogen and oxygen atoms in total. The third-order valence-electron chi connectivity index (χ3n) is 5.50. The molecule has 0 unspecified atom stereocenters. The van der Waals surface area contributed by atoms with Gasteiger partial charge in [-0.3, -0.25) is 9.10 Å². The molecule has 0 aromatic heterocycles. The van der Waals surface area contributed by atoms with Crippen LogP contribution in [0.2, 0.25) is 0 Å². The molecule has 1 heterocycles. The van der Waals surface area contributed by atoms with Crippen LogP contribution in [0.15, 0.2) is 47.4 Å². The molecule has 166 valence electrons. The predicted octanol–water partition coefficient (Wildman–Crippen LogP) is 3.35. The topological polar surface area (TPSA) is 84.9 Å². The smallest absolute Gasteiger partial charge is 0.269 e. The second kappa shape index (κ2) is 9.01. The molecule has 0 saturated carbocycles. The van der Waals surface area contributed by atoms with Gasteiger partial charge in [0.25, 0.3) is 15.9 Å². The van der Waals surface area contributed by atoms with Crippen molar-refractivity contribution < 1.29 is 22.7 Å². The molecule has 2 aromatic rings. The van der Waals surface area contributed by atoms with Crippen LogP contribution in [0, 0.1) is 0 Å². The van der Waals surface area contributed by atoms with E-state index in [9.17, 15) is 13.2 Å². The van der Waals surface area contributed by atoms with E-state index in [-0.39, 0.29) is 10.9 Å². The summed E-state index contributed by atoms with van der Waals surface area (Å²) in [7, 11) is 0.407. The highest BCUT2D eigenvalue weighted by Gasteiger charge is 2.38. The number of methoxy groups -OCH3 is 2. The Morgan fingerprint density at radius 2 is 1.71 bits per heavy atom. The summed E-state index contributed by atoms with van der Waals surface area (Å²) in [6, 6.07) is 13.1. The van der Waals surface area contributed by atoms with E-state index in [1.807, 2.05) is 37.3 Å². The van der Waals surface area contributed by atoms with E-state index in [4.69, 9.17) is 9.47 Å². The maximum Gasteiger partial charge on any atom is 0.269 e. The average Bonchev–Trinajstić information content (AvgIpc) is 2.75. The van der Waals surface area contributed by atoms with Gasteiger partial charge in [-0.25, -0.2) is 8.42 Å². The zero-order valence-corrected chi connectivity index (χ0v) is 19.2. The fraction of sp³-hybridized carbons (Fsp3) is 0.348. The lowest BCUT2D eigenvalue weighted by Gasteiger charge is -2.30. The first-order valence-electron chi connectivity index (χ1n) is 10.0. The minimum absolute atomic E-state index is 0.194. The van der Waals surface area contributed by atoms with E-state index >= 15 is 0 Å². The van der Waals surface area contributed by atoms with Gasteiger partial charge in [0.15, 0.2) is 16.4 Å². The predicted molar refractivity (Wildman–Crippen MR) is 122 cm³/mol. The molecule has 0 bridgehead atoms. The van der Waals surface area contributed by atoms with Gasteiger partial charge in [-0.2, -0.15) is 0 Å². The number of allylic oxidation sites excluding steroid dienone is 1. The molecular weight excluding hydrogens is 416 g/mol. The molecule has 0 saturated heterocycles. The Hall–Kier alpha value is -3.00. The quantitative estimate of drug-likeness (QED) is 0.708. The number of carbonyl (C=O) groups excluding carboxylic acids is 1. The van der Waals surface area contributed by atoms with Crippen molar-refractivity contribution in [2.45, 2.75) is 32.7 Å². The van der Waals surface area contributed by atoms with E-state index in [1.165, 1.54) is 26.8 Å². The number of sulfonamides is 1. The van der Waals surface area contributed by atoms with Crippen LogP contribution < -0.4 is 19.1 Å². The van der Waals surface area contributed by atoms with Crippen LogP contribution in [0.1, 0.15) is 31.4 Å². The van der Waals surface area contributed by atoms with Crippen molar-refractivity contribution in [3.63, 3.8) is 0 Å². The molecule has 0 radical (unpaired) electrons. The van der Waals surface area contributed by atoms with Crippen molar-refractivity contribution in [2.75, 3.05) is 25.6 Å². The lowest BCUT2D eigenvalue weighted by molar-refractivity contribution is -0.117. The SMILES string of the molecule is COc1cc2c(cc1OC)N(C)S(=O)(=O)C(C(=O)N[C@@H](C)CCc1ccccc1)=C2C. The molecule has 1 aliphatic heterocycles. The standard InChI is InChI=1S/C23H28N2O5S/c1-15(11-12-17-9-7-6-8-10-17)24-23(26)22-16(2)18-13-20(29-4)21(30-5)14-19(18)25(3)31(22,27)28/h6-10,13-15H,11-12H2,1-5H3,(H,24,26)/t15-/m0/s1. The zero-order valence-electron chi connectivity index (χ0n) is 18.4. The Bertz CT molecular complexity index is 1110. The van der Waals surface area contributed by atoms with E-state index in [1.54, 1.807) is 19.1 Å². The van der Waals surface area contributed by atoms with Crippen molar-refractivity contribution >= 4 is 27.2 Å². The van der Waals surface area contributed by atoms with Crippen molar-refractivity contribution in [2.24, 2.45) is 0 Å². The average molecular weight is 445 g/mol. The van der Waals surface area contributed by atoms with Gasteiger partial charge in [0.1, 0.15) is 0 Å². The second-order valence-corrected chi connectivity index (χ2v) is 9.46. The lowest BCUT2D eigenvalue weighted by atomic mass is 10.0. The Kier molecular flexibility index (Phi) is 6.59. The minimum Gasteiger partial charge on any atom is -0.493 e. The van der Waals surface area contributed by atoms with E-state index in [0.717, 1.165) is 10.7 Å². The summed E-state index contributed by atoms with van der Waals surface area (Å²) >= 11 is 0. The first-order chi connectivity index (χ1) is 14.7. The van der Waals surface area contributed by atoms with Crippen LogP contribution in [0.5, 0.6) is 11.5 Å². The molecule has 2 aromatic carbocycles. The molecule has 8 heteroatoms. The summed E-state index contributed by atoms with van der Waals surface area (Å²) in [5.41, 5.74) is 2.58. The molecule has 31 heavy (non-hydrogen) atoms. The van der Waals surface area contributed by atoms with Gasteiger partial charge in [-0.15, -0.1) is 0 Å². The van der Waals surface area contributed by atoms with Crippen LogP contribution >= 0.6 is 0 Å². The normalized spacial score (nSPS) is 15.8. The Morgan fingerprint density at radius 1 is 1.10 bits per heavy atom. The largest absolute Gasteiger partial charge is 0.493 e. The zero-order chi connectivity index (χ0) is 22.8. The number of anilines is 1. The number of amides is 1. The number of nitrogens with zero attached hydrogens (tertiary/aromatic N) is 1. The molecule has 1 aliphatic rings. The Balaban J connectivity index is 1.90. The molecule has 0 spiro atoms. The fourth-order valence-corrected chi connectivity index (χ4v) is 5.16. The highest BCUT2D eigenvalue weighted by Crippen LogP contribution is 2.44. The number of rotatable bonds is 7. The third-order valence-corrected chi connectivity index (χ3v) is 7.42. The summed E-state index contributed by atoms with van der Waals surface area (Å²) < 4.78 is 38.1. The number of hydrogen-bond donors (Lipinski definition) is 1. The molecule has 3 rings (SSSR count). The Labute approximate surface area is 183 Å². The minimum atomic E-state index is -4.02. The molecule has 1 amide bonds. The van der Waals surface area contributed by atoms with Crippen molar-refractivity contribution in [3.8, 4) is 11.5 Å². The van der Waals surface area contributed by atoms with Crippen molar-refractivity contribution in [1.82, 2.24) is 5.32 Å². The number of ether oxygens (including phenoxy) is 2. The van der Waals surface area contributed by atoms with Crippen LogP contribution in [0.25, 0.3) is 5.57 Å². The monoisotopic (exact) mass is 444 g/mol. The van der Waals surface area contributed by atoms with Crippen molar-refractivity contribution in [1.29, 1.82) is 0 Å². The van der Waals surface area contributed by atoms with Gasteiger partial charge in [-0.1, -0.05) is 30.3 Å². The molecule has 1 atom stereocenters. The number of fused-ring (bicyclic) bond motifs is 1. The number of hydrogen-bond acceptors (Lipinski definition) is 5. The van der Waals surface area contributed by atoms with Gasteiger partial charge < -0.3 is 14.8 Å². The summed E-state index contributed by atoms with van der Waals surface area (Å²) in [5.74, 6) is 0.271. The van der Waals surface area contributed by atoms with Crippen LogP contribution in [0.4, 0.5) is 5.69 Å². The summed E-state index contributed by atoms with van der Waals surface area (Å²) in [5, 5.41) is 2.85. The maximum atomic E-state index is 13.2. The fourth-order valence-electron chi connectivity index (χ4n) is 3.69. The molecule has 1 N–H and O–H groups in total. The van der Waals surface area contributed by atoms with Gasteiger partial charge in [0, 0.05) is 24.7 Å². The number of aryl methyl sites for hydroxylation is 1. The third kappa shape index (κ3) is 4.39. The van der Waals surface area contributed by atoms with Gasteiger partial charge in [0.2, 0.25) is 0 Å². The summed E-state index contributed by atoms with van der Waals surface area (Å²) in [6.45, 7) is 3.51. The maximum absolute atomic E-state index is 13.2. The Morgan fingerprint density at radius 3 is 2.32 bits per heavy atom. The highest BCUT2D eigenvalue weighted by atomic mass is 32.2. The van der Waals surface area contributed by atoms with Crippen LogP contribution in [0.3, 0.4) is 0 Å². The highest BCUT2D eigenvalue weighted by molar-refractivity contribution is 7.97. The van der Waals surface area contributed by atoms with Crippen LogP contribution in [-0.4, -0.2) is 41.6 Å². The first kappa shape index (κ1) is 22.7.